The van der Waals surface area contributed by atoms with E-state index >= 15 is 0 Å². The molecule has 0 spiro atoms. The molecular weight excluding hydrogens is 599 g/mol. The number of amides is 5. The molecule has 0 saturated heterocycles. The number of primary amides is 1. The number of carbonyl (C=O) groups excluding carboxylic acids is 4. The van der Waals surface area contributed by atoms with Crippen molar-refractivity contribution < 1.29 is 29.1 Å². The summed E-state index contributed by atoms with van der Waals surface area (Å²) in [7, 11) is 0. The highest BCUT2D eigenvalue weighted by molar-refractivity contribution is 6.35. The van der Waals surface area contributed by atoms with Crippen molar-refractivity contribution in [3.8, 4) is 0 Å². The largest absolute Gasteiger partial charge is 0.481 e. The van der Waals surface area contributed by atoms with Crippen LogP contribution in [0.3, 0.4) is 0 Å². The van der Waals surface area contributed by atoms with Crippen LogP contribution in [-0.2, 0) is 32.1 Å². The predicted octanol–water partition coefficient (Wildman–Crippen LogP) is 3.41. The van der Waals surface area contributed by atoms with Gasteiger partial charge in [-0.1, -0.05) is 55.2 Å². The summed E-state index contributed by atoms with van der Waals surface area (Å²) in [6.07, 6.45) is -0.390. The minimum absolute atomic E-state index is 0.0611. The maximum Gasteiger partial charge on any atom is 0.322 e. The van der Waals surface area contributed by atoms with Gasteiger partial charge in [0.15, 0.2) is 0 Å². The molecule has 7 N–H and O–H groups in total. The van der Waals surface area contributed by atoms with Crippen LogP contribution in [0.15, 0.2) is 42.5 Å². The van der Waals surface area contributed by atoms with Gasteiger partial charge in [0.05, 0.1) is 13.0 Å². The molecule has 1 aromatic heterocycles. The second-order valence-corrected chi connectivity index (χ2v) is 11.7. The lowest BCUT2D eigenvalue weighted by atomic mass is 9.95. The normalized spacial score (nSPS) is 15.8. The fourth-order valence-electron chi connectivity index (χ4n) is 5.12. The van der Waals surface area contributed by atoms with Crippen LogP contribution in [0.5, 0.6) is 0 Å². The highest BCUT2D eigenvalue weighted by Gasteiger charge is 2.38. The Morgan fingerprint density at radius 1 is 1.05 bits per heavy atom. The van der Waals surface area contributed by atoms with Gasteiger partial charge in [-0.15, -0.1) is 0 Å². The molecule has 43 heavy (non-hydrogen) atoms. The highest BCUT2D eigenvalue weighted by Crippen LogP contribution is 2.31. The SMILES string of the molecule is CC(C)C[C@H](NC(=O)[C@H]1Cc2c([nH]c3ccccc23)CN1C(=O)Nc1cc(Cl)cc(Cl)c1)C(=O)N[C@@H](CC(=O)O)C(N)=O. The van der Waals surface area contributed by atoms with Crippen LogP contribution in [-0.4, -0.2) is 62.8 Å². The van der Waals surface area contributed by atoms with Crippen molar-refractivity contribution in [2.45, 2.75) is 57.8 Å². The van der Waals surface area contributed by atoms with E-state index in [0.29, 0.717) is 15.7 Å². The number of carboxylic acid groups (broad SMARTS) is 1. The van der Waals surface area contributed by atoms with E-state index < -0.39 is 54.3 Å². The summed E-state index contributed by atoms with van der Waals surface area (Å²) in [5, 5.41) is 18.5. The third-order valence-corrected chi connectivity index (χ3v) is 7.50. The number of rotatable bonds is 10. The van der Waals surface area contributed by atoms with Crippen molar-refractivity contribution >= 4 is 69.5 Å². The average molecular weight is 632 g/mol. The van der Waals surface area contributed by atoms with Gasteiger partial charge in [-0.3, -0.25) is 19.2 Å². The van der Waals surface area contributed by atoms with E-state index in [1.807, 2.05) is 38.1 Å². The summed E-state index contributed by atoms with van der Waals surface area (Å²) < 4.78 is 0. The Bertz CT molecular complexity index is 1550. The number of benzene rings is 2. The second kappa shape index (κ2) is 13.3. The number of carbonyl (C=O) groups is 5. The van der Waals surface area contributed by atoms with Crippen molar-refractivity contribution in [2.75, 3.05) is 5.32 Å². The number of aliphatic carboxylic acids is 1. The Labute approximate surface area is 257 Å². The van der Waals surface area contributed by atoms with Crippen molar-refractivity contribution in [1.82, 2.24) is 20.5 Å². The van der Waals surface area contributed by atoms with Crippen LogP contribution in [0.4, 0.5) is 10.5 Å². The van der Waals surface area contributed by atoms with Gasteiger partial charge in [-0.25, -0.2) is 4.79 Å². The fourth-order valence-corrected chi connectivity index (χ4v) is 5.64. The van der Waals surface area contributed by atoms with Gasteiger partial charge in [0.1, 0.15) is 18.1 Å². The summed E-state index contributed by atoms with van der Waals surface area (Å²) >= 11 is 12.2. The number of fused-ring (bicyclic) bond motifs is 3. The van der Waals surface area contributed by atoms with E-state index in [1.54, 1.807) is 0 Å². The number of carboxylic acids is 1. The van der Waals surface area contributed by atoms with Crippen LogP contribution in [0.1, 0.15) is 37.9 Å². The first-order valence-corrected chi connectivity index (χ1v) is 14.3. The Kier molecular flexibility index (Phi) is 9.82. The first-order valence-electron chi connectivity index (χ1n) is 13.6. The topological polar surface area (TPSA) is 187 Å². The maximum absolute atomic E-state index is 13.9. The van der Waals surface area contributed by atoms with Crippen LogP contribution >= 0.6 is 23.2 Å². The van der Waals surface area contributed by atoms with Gasteiger partial charge >= 0.3 is 12.0 Å². The Morgan fingerprint density at radius 3 is 2.35 bits per heavy atom. The van der Waals surface area contributed by atoms with Crippen molar-refractivity contribution in [2.24, 2.45) is 11.7 Å². The molecule has 14 heteroatoms. The summed E-state index contributed by atoms with van der Waals surface area (Å²) in [6.45, 7) is 3.74. The van der Waals surface area contributed by atoms with E-state index in [9.17, 15) is 24.0 Å². The zero-order valence-electron chi connectivity index (χ0n) is 23.4. The third kappa shape index (κ3) is 7.76. The molecule has 0 bridgehead atoms. The maximum atomic E-state index is 13.9. The summed E-state index contributed by atoms with van der Waals surface area (Å²) in [4.78, 5) is 68.3. The van der Waals surface area contributed by atoms with Gasteiger partial charge in [0.25, 0.3) is 0 Å². The van der Waals surface area contributed by atoms with Gasteiger partial charge in [-0.05, 0) is 42.2 Å². The molecule has 0 fully saturated rings. The lowest BCUT2D eigenvalue weighted by Gasteiger charge is -2.35. The van der Waals surface area contributed by atoms with Gasteiger partial charge in [-0.2, -0.15) is 0 Å². The molecule has 2 aromatic carbocycles. The molecule has 4 rings (SSSR count). The molecule has 0 unspecified atom stereocenters. The third-order valence-electron chi connectivity index (χ3n) is 7.06. The quantitative estimate of drug-likeness (QED) is 0.199. The fraction of sp³-hybridized carbons (Fsp3) is 0.345. The molecule has 0 radical (unpaired) electrons. The van der Waals surface area contributed by atoms with Crippen molar-refractivity contribution in [3.05, 3.63) is 63.8 Å². The average Bonchev–Trinajstić information content (AvgIpc) is 3.28. The minimum Gasteiger partial charge on any atom is -0.481 e. The molecule has 3 aromatic rings. The standard InChI is InChI=1S/C29H32Cl2N6O6/c1-14(2)7-22(27(41)35-21(26(32)40)12-25(38)39)36-28(42)24-11-19-18-5-3-4-6-20(18)34-23(19)13-37(24)29(43)33-17-9-15(30)8-16(31)10-17/h3-6,8-10,14,21-22,24,34H,7,11-13H2,1-2H3,(H2,32,40)(H,33,43)(H,35,41)(H,36,42)(H,38,39)/t21-,22-,24+/m0/s1. The lowest BCUT2D eigenvalue weighted by molar-refractivity contribution is -0.140. The predicted molar refractivity (Wildman–Crippen MR) is 162 cm³/mol. The van der Waals surface area contributed by atoms with Gasteiger partial charge in [0, 0.05) is 38.8 Å². The zero-order chi connectivity index (χ0) is 31.4. The molecule has 1 aliphatic rings. The number of para-hydroxylation sites is 1. The number of anilines is 1. The lowest BCUT2D eigenvalue weighted by Crippen LogP contribution is -2.59. The van der Waals surface area contributed by atoms with Crippen LogP contribution in [0, 0.1) is 5.92 Å². The number of nitrogens with two attached hydrogens (primary N) is 1. The number of nitrogens with zero attached hydrogens (tertiary/aromatic N) is 1. The Hall–Kier alpha value is -4.29. The molecule has 228 valence electrons. The Morgan fingerprint density at radius 2 is 1.72 bits per heavy atom. The van der Waals surface area contributed by atoms with E-state index in [2.05, 4.69) is 20.9 Å². The summed E-state index contributed by atoms with van der Waals surface area (Å²) in [5.41, 5.74) is 8.10. The Balaban J connectivity index is 1.63. The molecule has 0 aliphatic carbocycles. The number of H-pyrrole nitrogens is 1. The molecular formula is C29H32Cl2N6O6. The van der Waals surface area contributed by atoms with Gasteiger partial charge in [0.2, 0.25) is 17.7 Å². The number of hydrogen-bond donors (Lipinski definition) is 6. The van der Waals surface area contributed by atoms with Crippen LogP contribution in [0.25, 0.3) is 10.9 Å². The van der Waals surface area contributed by atoms with Crippen LogP contribution < -0.4 is 21.7 Å². The summed E-state index contributed by atoms with van der Waals surface area (Å²) in [6, 6.07) is 7.91. The smallest absolute Gasteiger partial charge is 0.322 e. The monoisotopic (exact) mass is 630 g/mol. The number of urea groups is 1. The summed E-state index contributed by atoms with van der Waals surface area (Å²) in [5.74, 6) is -3.78. The van der Waals surface area contributed by atoms with E-state index in [1.165, 1.54) is 23.1 Å². The number of hydrogen-bond acceptors (Lipinski definition) is 5. The first kappa shape index (κ1) is 31.6. The van der Waals surface area contributed by atoms with E-state index in [0.717, 1.165) is 22.2 Å². The number of aromatic nitrogens is 1. The molecule has 3 atom stereocenters. The van der Waals surface area contributed by atoms with E-state index in [4.69, 9.17) is 34.0 Å². The molecule has 12 nitrogen and oxygen atoms in total. The van der Waals surface area contributed by atoms with Crippen LogP contribution in [0.2, 0.25) is 10.0 Å². The number of aromatic amines is 1. The number of nitrogens with one attached hydrogen (secondary N) is 4. The zero-order valence-corrected chi connectivity index (χ0v) is 25.0. The number of halogens is 2. The first-order chi connectivity index (χ1) is 20.3. The molecule has 1 aliphatic heterocycles. The van der Waals surface area contributed by atoms with Crippen molar-refractivity contribution in [1.29, 1.82) is 0 Å². The van der Waals surface area contributed by atoms with Crippen molar-refractivity contribution in [3.63, 3.8) is 0 Å². The molecule has 0 saturated carbocycles. The molecule has 5 amide bonds. The van der Waals surface area contributed by atoms with E-state index in [-0.39, 0.29) is 25.3 Å². The minimum atomic E-state index is -1.47. The highest BCUT2D eigenvalue weighted by atomic mass is 35.5. The second-order valence-electron chi connectivity index (χ2n) is 10.8. The van der Waals surface area contributed by atoms with Gasteiger partial charge < -0.3 is 36.7 Å². The molecule has 2 heterocycles.